The quantitative estimate of drug-likeness (QED) is 0.767. The fraction of sp³-hybridized carbons (Fsp3) is 0.500. The normalized spacial score (nSPS) is 13.8. The summed E-state index contributed by atoms with van der Waals surface area (Å²) in [6, 6.07) is 1.73. The Kier molecular flexibility index (Phi) is 5.17. The minimum atomic E-state index is -1.32. The van der Waals surface area contributed by atoms with Gasteiger partial charge in [0.2, 0.25) is 0 Å². The van der Waals surface area contributed by atoms with E-state index < -0.39 is 17.1 Å². The molecule has 0 fully saturated rings. The van der Waals surface area contributed by atoms with Gasteiger partial charge < -0.3 is 19.8 Å². The molecule has 0 saturated carbocycles. The maximum absolute atomic E-state index is 12.4. The van der Waals surface area contributed by atoms with Crippen molar-refractivity contribution in [2.24, 2.45) is 0 Å². The van der Waals surface area contributed by atoms with Crippen LogP contribution >= 0.6 is 0 Å². The van der Waals surface area contributed by atoms with Crippen molar-refractivity contribution in [1.82, 2.24) is 15.3 Å². The molecule has 0 aromatic carbocycles. The molecule has 7 nitrogen and oxygen atoms in total. The summed E-state index contributed by atoms with van der Waals surface area (Å²) in [5.74, 6) is 1.29. The number of hydrogen-bond donors (Lipinski definition) is 3. The number of nitrogens with zero attached hydrogens (tertiary/aromatic N) is 1. The molecule has 2 aromatic heterocycles. The third-order valence-electron chi connectivity index (χ3n) is 4.11. The molecule has 7 heteroatoms. The minimum absolute atomic E-state index is 0.0414. The van der Waals surface area contributed by atoms with Crippen LogP contribution < -0.4 is 10.9 Å². The van der Waals surface area contributed by atoms with Gasteiger partial charge in [0.15, 0.2) is 0 Å². The standard InChI is InChI=1S/C18H25N3O4/c1-9(2)15-20-11(4)14(17(23)21-15)16(22)19-8-18(6,24)13-7-10(3)25-12(13)5/h7,9,24H,8H2,1-6H3,(H,19,22)(H,20,21,23). The molecule has 136 valence electrons. The molecular formula is C18H25N3O4. The second-order valence-corrected chi connectivity index (χ2v) is 6.85. The van der Waals surface area contributed by atoms with Crippen molar-refractivity contribution in [2.45, 2.75) is 53.1 Å². The van der Waals surface area contributed by atoms with E-state index >= 15 is 0 Å². The van der Waals surface area contributed by atoms with Gasteiger partial charge >= 0.3 is 0 Å². The van der Waals surface area contributed by atoms with Gasteiger partial charge in [0.05, 0.1) is 12.2 Å². The molecule has 0 saturated heterocycles. The summed E-state index contributed by atoms with van der Waals surface area (Å²) in [6.45, 7) is 10.5. The number of aromatic amines is 1. The number of carbonyl (C=O) groups excluding carboxylic acids is 1. The molecule has 1 amide bonds. The highest BCUT2D eigenvalue weighted by molar-refractivity contribution is 5.94. The first kappa shape index (κ1) is 18.9. The molecule has 2 heterocycles. The van der Waals surface area contributed by atoms with Crippen LogP contribution in [0.3, 0.4) is 0 Å². The predicted octanol–water partition coefficient (Wildman–Crippen LogP) is 2.05. The van der Waals surface area contributed by atoms with E-state index in [2.05, 4.69) is 15.3 Å². The molecule has 1 atom stereocenters. The Bertz CT molecular complexity index is 846. The molecule has 0 spiro atoms. The second kappa shape index (κ2) is 6.84. The summed E-state index contributed by atoms with van der Waals surface area (Å²) in [5.41, 5.74) is -0.878. The summed E-state index contributed by atoms with van der Waals surface area (Å²) in [5, 5.41) is 13.3. The van der Waals surface area contributed by atoms with Gasteiger partial charge in [-0.25, -0.2) is 4.98 Å². The Balaban J connectivity index is 2.20. The Hall–Kier alpha value is -2.41. The van der Waals surface area contributed by atoms with Crippen LogP contribution in [-0.4, -0.2) is 27.5 Å². The number of amides is 1. The van der Waals surface area contributed by atoms with E-state index in [9.17, 15) is 14.7 Å². The zero-order chi connectivity index (χ0) is 18.9. The Morgan fingerprint density at radius 2 is 2.04 bits per heavy atom. The van der Waals surface area contributed by atoms with Gasteiger partial charge in [0.25, 0.3) is 11.5 Å². The van der Waals surface area contributed by atoms with Crippen LogP contribution in [0.4, 0.5) is 0 Å². The number of aromatic nitrogens is 2. The van der Waals surface area contributed by atoms with Gasteiger partial charge in [-0.2, -0.15) is 0 Å². The molecule has 0 aliphatic heterocycles. The van der Waals surface area contributed by atoms with Gasteiger partial charge in [0.1, 0.15) is 28.5 Å². The second-order valence-electron chi connectivity index (χ2n) is 6.85. The Morgan fingerprint density at radius 1 is 1.40 bits per heavy atom. The minimum Gasteiger partial charge on any atom is -0.466 e. The average molecular weight is 347 g/mol. The number of aliphatic hydroxyl groups is 1. The van der Waals surface area contributed by atoms with Crippen LogP contribution in [0.2, 0.25) is 0 Å². The largest absolute Gasteiger partial charge is 0.466 e. The fourth-order valence-corrected chi connectivity index (χ4v) is 2.75. The third kappa shape index (κ3) is 3.99. The summed E-state index contributed by atoms with van der Waals surface area (Å²) in [4.78, 5) is 31.6. The molecule has 0 aliphatic rings. The molecule has 0 radical (unpaired) electrons. The molecule has 2 aromatic rings. The van der Waals surface area contributed by atoms with Crippen molar-refractivity contribution in [2.75, 3.05) is 6.54 Å². The molecule has 2 rings (SSSR count). The highest BCUT2D eigenvalue weighted by Crippen LogP contribution is 2.26. The van der Waals surface area contributed by atoms with Gasteiger partial charge in [-0.15, -0.1) is 0 Å². The lowest BCUT2D eigenvalue weighted by molar-refractivity contribution is 0.0513. The van der Waals surface area contributed by atoms with Gasteiger partial charge in [-0.3, -0.25) is 9.59 Å². The predicted molar refractivity (Wildman–Crippen MR) is 93.8 cm³/mol. The monoisotopic (exact) mass is 347 g/mol. The number of nitrogens with one attached hydrogen (secondary N) is 2. The van der Waals surface area contributed by atoms with Crippen LogP contribution in [-0.2, 0) is 5.60 Å². The van der Waals surface area contributed by atoms with Gasteiger partial charge in [0, 0.05) is 11.5 Å². The Labute approximate surface area is 146 Å². The van der Waals surface area contributed by atoms with E-state index in [0.717, 1.165) is 0 Å². The fourth-order valence-electron chi connectivity index (χ4n) is 2.75. The van der Waals surface area contributed by atoms with E-state index in [0.29, 0.717) is 28.6 Å². The maximum atomic E-state index is 12.4. The Morgan fingerprint density at radius 3 is 2.52 bits per heavy atom. The first-order chi connectivity index (χ1) is 11.5. The molecule has 25 heavy (non-hydrogen) atoms. The summed E-state index contributed by atoms with van der Waals surface area (Å²) < 4.78 is 5.43. The molecule has 0 aliphatic carbocycles. The van der Waals surface area contributed by atoms with Crippen LogP contribution in [0.1, 0.15) is 65.6 Å². The topological polar surface area (TPSA) is 108 Å². The highest BCUT2D eigenvalue weighted by Gasteiger charge is 2.29. The van der Waals surface area contributed by atoms with E-state index in [1.54, 1.807) is 33.8 Å². The van der Waals surface area contributed by atoms with Crippen molar-refractivity contribution < 1.29 is 14.3 Å². The lowest BCUT2D eigenvalue weighted by Gasteiger charge is -2.23. The first-order valence-corrected chi connectivity index (χ1v) is 8.22. The third-order valence-corrected chi connectivity index (χ3v) is 4.11. The molecule has 1 unspecified atom stereocenters. The van der Waals surface area contributed by atoms with Crippen LogP contribution in [0.25, 0.3) is 0 Å². The van der Waals surface area contributed by atoms with E-state index in [4.69, 9.17) is 4.42 Å². The number of aryl methyl sites for hydroxylation is 3. The van der Waals surface area contributed by atoms with Crippen LogP contribution in [0.15, 0.2) is 15.3 Å². The lowest BCUT2D eigenvalue weighted by Crippen LogP contribution is -2.41. The number of furan rings is 1. The van der Waals surface area contributed by atoms with Crippen LogP contribution in [0.5, 0.6) is 0 Å². The summed E-state index contributed by atoms with van der Waals surface area (Å²) in [6.07, 6.45) is 0. The van der Waals surface area contributed by atoms with Crippen molar-refractivity contribution in [3.05, 3.63) is 50.6 Å². The van der Waals surface area contributed by atoms with E-state index in [1.165, 1.54) is 0 Å². The number of H-pyrrole nitrogens is 1. The van der Waals surface area contributed by atoms with Gasteiger partial charge in [-0.1, -0.05) is 13.8 Å². The van der Waals surface area contributed by atoms with Crippen molar-refractivity contribution in [3.63, 3.8) is 0 Å². The zero-order valence-electron chi connectivity index (χ0n) is 15.5. The molecule has 0 bridgehead atoms. The maximum Gasteiger partial charge on any atom is 0.264 e. The summed E-state index contributed by atoms with van der Waals surface area (Å²) >= 11 is 0. The molecular weight excluding hydrogens is 322 g/mol. The first-order valence-electron chi connectivity index (χ1n) is 8.22. The van der Waals surface area contributed by atoms with E-state index in [-0.39, 0.29) is 18.0 Å². The number of carbonyl (C=O) groups is 1. The summed E-state index contributed by atoms with van der Waals surface area (Å²) in [7, 11) is 0. The smallest absolute Gasteiger partial charge is 0.264 e. The van der Waals surface area contributed by atoms with E-state index in [1.807, 2.05) is 13.8 Å². The average Bonchev–Trinajstić information content (AvgIpc) is 2.84. The molecule has 3 N–H and O–H groups in total. The van der Waals surface area contributed by atoms with Crippen molar-refractivity contribution in [3.8, 4) is 0 Å². The van der Waals surface area contributed by atoms with Gasteiger partial charge in [-0.05, 0) is 33.8 Å². The lowest BCUT2D eigenvalue weighted by atomic mass is 9.96. The SMILES string of the molecule is Cc1cc(C(C)(O)CNC(=O)c2c(C)nc(C(C)C)[nH]c2=O)c(C)o1. The van der Waals surface area contributed by atoms with Crippen LogP contribution in [0, 0.1) is 20.8 Å². The van der Waals surface area contributed by atoms with Crippen molar-refractivity contribution in [1.29, 1.82) is 0 Å². The zero-order valence-corrected chi connectivity index (χ0v) is 15.5. The number of hydrogen-bond acceptors (Lipinski definition) is 5. The van der Waals surface area contributed by atoms with Crippen molar-refractivity contribution >= 4 is 5.91 Å². The number of rotatable bonds is 5. The highest BCUT2D eigenvalue weighted by atomic mass is 16.3.